The number of rotatable bonds is 4. The van der Waals surface area contributed by atoms with E-state index in [2.05, 4.69) is 12.0 Å². The minimum absolute atomic E-state index is 0.778. The number of sulfonamides is 2. The molecule has 16 heteroatoms. The van der Waals surface area contributed by atoms with Crippen molar-refractivity contribution < 1.29 is 47.7 Å². The van der Waals surface area contributed by atoms with E-state index < -0.39 is 31.1 Å². The van der Waals surface area contributed by atoms with Crippen molar-refractivity contribution in [2.75, 3.05) is 0 Å². The summed E-state index contributed by atoms with van der Waals surface area (Å²) >= 11 is 0. The lowest BCUT2D eigenvalue weighted by molar-refractivity contribution is -0.694. The molecule has 0 N–H and O–H groups in total. The Hall–Kier alpha value is -2.20. The van der Waals surface area contributed by atoms with Gasteiger partial charge in [-0.2, -0.15) is 26.3 Å². The van der Waals surface area contributed by atoms with E-state index in [4.69, 9.17) is 0 Å². The number of benzene rings is 1. The molecule has 0 aliphatic rings. The van der Waals surface area contributed by atoms with Crippen LogP contribution < -0.4 is 4.57 Å². The molecule has 2 rings (SSSR count). The van der Waals surface area contributed by atoms with Gasteiger partial charge in [0.2, 0.25) is 6.33 Å². The Morgan fingerprint density at radius 2 is 1.43 bits per heavy atom. The van der Waals surface area contributed by atoms with E-state index in [0.29, 0.717) is 0 Å². The van der Waals surface area contributed by atoms with E-state index in [1.165, 1.54) is 0 Å². The Balaban J connectivity index is 0.000000281. The van der Waals surface area contributed by atoms with Crippen molar-refractivity contribution >= 4 is 20.0 Å². The highest BCUT2D eigenvalue weighted by Crippen LogP contribution is 2.36. The molecule has 0 amide bonds. The van der Waals surface area contributed by atoms with Gasteiger partial charge in [0, 0.05) is 5.10 Å². The molecule has 0 aliphatic carbocycles. The minimum Gasteiger partial charge on any atom is -0.421 e. The van der Waals surface area contributed by atoms with Gasteiger partial charge in [-0.05, 0) is 19.1 Å². The second-order valence-corrected chi connectivity index (χ2v) is 8.20. The zero-order valence-corrected chi connectivity index (χ0v) is 15.4. The van der Waals surface area contributed by atoms with Crippen LogP contribution in [0.2, 0.25) is 0 Å². The van der Waals surface area contributed by atoms with Crippen molar-refractivity contribution in [1.29, 1.82) is 0 Å². The maximum Gasteiger partial charge on any atom is 0.480 e. The molecule has 0 saturated carbocycles. The first kappa shape index (κ1) is 23.8. The molecule has 158 valence electrons. The second kappa shape index (κ2) is 8.44. The normalized spacial score (nSPS) is 13.0. The van der Waals surface area contributed by atoms with Gasteiger partial charge in [-0.15, -0.1) is 0 Å². The average molecular weight is 454 g/mol. The van der Waals surface area contributed by atoms with Crippen molar-refractivity contribution in [3.05, 3.63) is 47.1 Å². The first-order chi connectivity index (χ1) is 12.6. The van der Waals surface area contributed by atoms with Gasteiger partial charge in [-0.25, -0.2) is 21.4 Å². The summed E-state index contributed by atoms with van der Waals surface area (Å²) in [5.74, 6) is 0. The molecule has 0 unspecified atom stereocenters. The van der Waals surface area contributed by atoms with Gasteiger partial charge in [0.25, 0.3) is 6.33 Å². The molecule has 1 heterocycles. The molecule has 28 heavy (non-hydrogen) atoms. The highest BCUT2D eigenvalue weighted by Gasteiger charge is 2.46. The average Bonchev–Trinajstić information content (AvgIpc) is 3.02. The molecule has 0 saturated heterocycles. The fourth-order valence-electron chi connectivity index (χ4n) is 1.41. The number of para-hydroxylation sites is 1. The predicted octanol–water partition coefficient (Wildman–Crippen LogP) is 2.24. The van der Waals surface area contributed by atoms with Gasteiger partial charge >= 0.3 is 11.0 Å². The van der Waals surface area contributed by atoms with Crippen LogP contribution in [0.25, 0.3) is 9.81 Å². The van der Waals surface area contributed by atoms with Crippen LogP contribution in [-0.2, 0) is 26.6 Å². The first-order valence-electron chi connectivity index (χ1n) is 6.96. The summed E-state index contributed by atoms with van der Waals surface area (Å²) in [5.41, 5.74) is -11.3. The van der Waals surface area contributed by atoms with E-state index in [0.717, 1.165) is 16.4 Å². The van der Waals surface area contributed by atoms with Gasteiger partial charge in [-0.3, -0.25) is 0 Å². The molecule has 8 nitrogen and oxygen atoms in total. The zero-order chi connectivity index (χ0) is 21.8. The Labute approximate surface area is 155 Å². The third kappa shape index (κ3) is 6.16. The Morgan fingerprint density at radius 1 is 0.964 bits per heavy atom. The van der Waals surface area contributed by atoms with Crippen LogP contribution in [0.15, 0.2) is 43.0 Å². The molecule has 0 atom stereocenters. The molecule has 1 aromatic heterocycles. The highest BCUT2D eigenvalue weighted by molar-refractivity contribution is 8.13. The lowest BCUT2D eigenvalue weighted by atomic mass is 10.3. The van der Waals surface area contributed by atoms with Gasteiger partial charge in [0.05, 0.1) is 6.54 Å². The molecule has 1 aromatic carbocycles. The van der Waals surface area contributed by atoms with Crippen LogP contribution in [0.5, 0.6) is 0 Å². The van der Waals surface area contributed by atoms with Gasteiger partial charge in [0.1, 0.15) is 5.69 Å². The smallest absolute Gasteiger partial charge is 0.421 e. The molecule has 0 spiro atoms. The summed E-state index contributed by atoms with van der Waals surface area (Å²) < 4.78 is 113. The van der Waals surface area contributed by atoms with Crippen molar-refractivity contribution in [3.63, 3.8) is 0 Å². The SMILES string of the molecule is CC[n+]1cnn(-c2ccccc2)c1.O=S(=O)([N-]S(=O)(=O)C(F)(F)F)C(F)(F)F. The summed E-state index contributed by atoms with van der Waals surface area (Å²) in [6.07, 6.45) is 3.81. The Kier molecular flexibility index (Phi) is 7.18. The van der Waals surface area contributed by atoms with Gasteiger partial charge in [-0.1, -0.05) is 22.9 Å². The Morgan fingerprint density at radius 3 is 1.79 bits per heavy atom. The number of hydrogen-bond acceptors (Lipinski definition) is 5. The molecule has 2 aromatic rings. The zero-order valence-electron chi connectivity index (χ0n) is 13.8. The third-order valence-corrected chi connectivity index (χ3v) is 5.49. The van der Waals surface area contributed by atoms with Crippen LogP contribution in [0.1, 0.15) is 6.92 Å². The summed E-state index contributed by atoms with van der Waals surface area (Å²) in [6.45, 7) is 3.05. The van der Waals surface area contributed by atoms with Crippen molar-refractivity contribution in [3.8, 4) is 5.69 Å². The third-order valence-electron chi connectivity index (χ3n) is 2.75. The van der Waals surface area contributed by atoms with Crippen LogP contribution in [-0.4, -0.2) is 37.6 Å². The quantitative estimate of drug-likeness (QED) is 0.521. The maximum absolute atomic E-state index is 11.4. The van der Waals surface area contributed by atoms with E-state index in [9.17, 15) is 43.2 Å². The number of aromatic nitrogens is 3. The van der Waals surface area contributed by atoms with Crippen LogP contribution >= 0.6 is 0 Å². The number of halogens is 6. The van der Waals surface area contributed by atoms with Crippen LogP contribution in [0.3, 0.4) is 0 Å². The van der Waals surface area contributed by atoms with E-state index >= 15 is 0 Å². The summed E-state index contributed by atoms with van der Waals surface area (Å²) in [6, 6.07) is 10.1. The van der Waals surface area contributed by atoms with Crippen molar-refractivity contribution in [1.82, 2.24) is 9.78 Å². The topological polar surface area (TPSA) is 104 Å². The molecular formula is C12H12F6N4O4S2. The van der Waals surface area contributed by atoms with E-state index in [1.54, 1.807) is 0 Å². The predicted molar refractivity (Wildman–Crippen MR) is 82.7 cm³/mol. The number of aryl methyl sites for hydroxylation is 1. The fourth-order valence-corrected chi connectivity index (χ4v) is 3.12. The molecular weight excluding hydrogens is 442 g/mol. The standard InChI is InChI=1S/C10H12N3.C2F6NO4S2/c1-2-12-8-11-13(9-12)10-6-4-3-5-7-10;3-1(4,5)14(10,11)9-15(12,13)2(6,7)8/h3-9H,2H2,1H3;/q+1;-1. The number of nitrogens with zero attached hydrogens (tertiary/aromatic N) is 4. The monoisotopic (exact) mass is 454 g/mol. The first-order valence-corrected chi connectivity index (χ1v) is 9.84. The summed E-state index contributed by atoms with van der Waals surface area (Å²) in [4.78, 5) is 0. The van der Waals surface area contributed by atoms with Gasteiger partial charge < -0.3 is 4.13 Å². The highest BCUT2D eigenvalue weighted by atomic mass is 32.3. The van der Waals surface area contributed by atoms with E-state index in [1.807, 2.05) is 52.2 Å². The molecule has 0 bridgehead atoms. The largest absolute Gasteiger partial charge is 0.480 e. The maximum atomic E-state index is 11.4. The van der Waals surface area contributed by atoms with Crippen LogP contribution in [0, 0.1) is 0 Å². The molecule has 0 aliphatic heterocycles. The minimum atomic E-state index is -6.72. The molecule has 0 fully saturated rings. The van der Waals surface area contributed by atoms with Crippen LogP contribution in [0.4, 0.5) is 26.3 Å². The summed E-state index contributed by atoms with van der Waals surface area (Å²) in [7, 11) is -13.4. The van der Waals surface area contributed by atoms with E-state index in [-0.39, 0.29) is 0 Å². The summed E-state index contributed by atoms with van der Waals surface area (Å²) in [5, 5.41) is 4.24. The lowest BCUT2D eigenvalue weighted by Gasteiger charge is -2.22. The van der Waals surface area contributed by atoms with Gasteiger partial charge in [0.15, 0.2) is 20.0 Å². The molecule has 0 radical (unpaired) electrons. The fraction of sp³-hybridized carbons (Fsp3) is 0.333. The number of hydrogen-bond donors (Lipinski definition) is 0. The van der Waals surface area contributed by atoms with Crippen molar-refractivity contribution in [2.24, 2.45) is 0 Å². The Bertz CT molecular complexity index is 943. The second-order valence-electron chi connectivity index (χ2n) is 4.77. The number of alkyl halides is 6. The van der Waals surface area contributed by atoms with Crippen molar-refractivity contribution in [2.45, 2.75) is 24.5 Å². The lowest BCUT2D eigenvalue weighted by Crippen LogP contribution is -2.30.